The summed E-state index contributed by atoms with van der Waals surface area (Å²) in [6, 6.07) is 12.0. The standard InChI is InChI=1S/C21H18BrN5S/c1-12-7-14(8-23)3-5-16(12)17-10-28-21(27-17)19-13(2)25-11-26-20(19)15-4-6-18(22)24-9-15/h3-7,9-10,19-20,26H,11H2,1-2H3. The Labute approximate surface area is 176 Å². The smallest absolute Gasteiger partial charge is 0.106 e. The summed E-state index contributed by atoms with van der Waals surface area (Å²) in [6.07, 6.45) is 1.90. The van der Waals surface area contributed by atoms with Crippen LogP contribution in [0.5, 0.6) is 0 Å². The molecular weight excluding hydrogens is 434 g/mol. The van der Waals surface area contributed by atoms with E-state index in [1.807, 2.05) is 37.4 Å². The van der Waals surface area contributed by atoms with Crippen molar-refractivity contribution in [1.82, 2.24) is 15.3 Å². The molecule has 1 aromatic carbocycles. The first-order valence-electron chi connectivity index (χ1n) is 8.89. The monoisotopic (exact) mass is 451 g/mol. The molecule has 0 saturated carbocycles. The number of rotatable bonds is 3. The van der Waals surface area contributed by atoms with Gasteiger partial charge in [0.15, 0.2) is 0 Å². The topological polar surface area (TPSA) is 74.0 Å². The molecule has 0 radical (unpaired) electrons. The van der Waals surface area contributed by atoms with E-state index < -0.39 is 0 Å². The van der Waals surface area contributed by atoms with Gasteiger partial charge < -0.3 is 0 Å². The molecule has 0 aliphatic carbocycles. The highest BCUT2D eigenvalue weighted by Crippen LogP contribution is 2.38. The van der Waals surface area contributed by atoms with Gasteiger partial charge >= 0.3 is 0 Å². The van der Waals surface area contributed by atoms with Gasteiger partial charge in [-0.15, -0.1) is 11.3 Å². The molecule has 5 nitrogen and oxygen atoms in total. The van der Waals surface area contributed by atoms with Gasteiger partial charge in [0.25, 0.3) is 0 Å². The van der Waals surface area contributed by atoms with E-state index in [4.69, 9.17) is 10.2 Å². The number of aryl methyl sites for hydroxylation is 1. The van der Waals surface area contributed by atoms with Crippen molar-refractivity contribution in [2.75, 3.05) is 6.67 Å². The molecule has 1 aliphatic heterocycles. The molecule has 140 valence electrons. The molecule has 0 amide bonds. The zero-order valence-corrected chi connectivity index (χ0v) is 17.9. The first-order chi connectivity index (χ1) is 13.6. The van der Waals surface area contributed by atoms with Crippen molar-refractivity contribution in [2.24, 2.45) is 4.99 Å². The Hall–Kier alpha value is -2.40. The number of benzene rings is 1. The van der Waals surface area contributed by atoms with Crippen molar-refractivity contribution in [3.05, 3.63) is 68.2 Å². The van der Waals surface area contributed by atoms with E-state index in [1.165, 1.54) is 0 Å². The number of halogens is 1. The Bertz CT molecular complexity index is 1080. The second-order valence-corrected chi connectivity index (χ2v) is 8.45. The SMILES string of the molecule is CC1=NCNC(c2ccc(Br)nc2)C1c1nc(-c2ccc(C#N)cc2C)cs1. The Kier molecular flexibility index (Phi) is 5.36. The molecule has 3 aromatic rings. The molecule has 0 bridgehead atoms. The van der Waals surface area contributed by atoms with Gasteiger partial charge in [0.1, 0.15) is 9.61 Å². The number of nitrogens with zero attached hydrogens (tertiary/aromatic N) is 4. The van der Waals surface area contributed by atoms with Crippen molar-refractivity contribution in [3.8, 4) is 17.3 Å². The third-order valence-corrected chi connectivity index (χ3v) is 6.35. The van der Waals surface area contributed by atoms with E-state index in [2.05, 4.69) is 55.7 Å². The van der Waals surface area contributed by atoms with Crippen LogP contribution in [-0.2, 0) is 0 Å². The predicted octanol–water partition coefficient (Wildman–Crippen LogP) is 4.99. The van der Waals surface area contributed by atoms with Crippen LogP contribution in [0.15, 0.2) is 51.5 Å². The average Bonchev–Trinajstić information content (AvgIpc) is 3.17. The van der Waals surface area contributed by atoms with Crippen molar-refractivity contribution >= 4 is 33.0 Å². The van der Waals surface area contributed by atoms with Crippen molar-refractivity contribution in [3.63, 3.8) is 0 Å². The fourth-order valence-corrected chi connectivity index (χ4v) is 4.75. The lowest BCUT2D eigenvalue weighted by Gasteiger charge is -2.30. The van der Waals surface area contributed by atoms with Gasteiger partial charge in [0, 0.05) is 28.9 Å². The van der Waals surface area contributed by atoms with E-state index in [0.717, 1.165) is 37.7 Å². The second kappa shape index (κ2) is 7.92. The van der Waals surface area contributed by atoms with E-state index in [9.17, 15) is 0 Å². The van der Waals surface area contributed by atoms with Gasteiger partial charge in [-0.2, -0.15) is 5.26 Å². The third-order valence-electron chi connectivity index (χ3n) is 4.95. The minimum absolute atomic E-state index is 0.0640. The molecule has 3 heterocycles. The molecule has 0 spiro atoms. The molecule has 28 heavy (non-hydrogen) atoms. The average molecular weight is 452 g/mol. The van der Waals surface area contributed by atoms with Gasteiger partial charge in [-0.25, -0.2) is 9.97 Å². The molecule has 2 atom stereocenters. The molecule has 4 rings (SSSR count). The predicted molar refractivity (Wildman–Crippen MR) is 116 cm³/mol. The summed E-state index contributed by atoms with van der Waals surface area (Å²) in [6.45, 7) is 4.68. The van der Waals surface area contributed by atoms with Crippen LogP contribution in [-0.4, -0.2) is 22.3 Å². The maximum atomic E-state index is 9.09. The largest absolute Gasteiger partial charge is 0.290 e. The van der Waals surface area contributed by atoms with Crippen LogP contribution in [0.2, 0.25) is 0 Å². The summed E-state index contributed by atoms with van der Waals surface area (Å²) in [5.74, 6) is 0.0640. The van der Waals surface area contributed by atoms with Crippen LogP contribution < -0.4 is 5.32 Å². The zero-order chi connectivity index (χ0) is 19.7. The van der Waals surface area contributed by atoms with Crippen molar-refractivity contribution in [1.29, 1.82) is 5.26 Å². The summed E-state index contributed by atoms with van der Waals surface area (Å²) in [7, 11) is 0. The number of aromatic nitrogens is 2. The van der Waals surface area contributed by atoms with E-state index >= 15 is 0 Å². The van der Waals surface area contributed by atoms with Crippen LogP contribution in [0.3, 0.4) is 0 Å². The van der Waals surface area contributed by atoms with Crippen LogP contribution in [0.4, 0.5) is 0 Å². The number of nitrogens with one attached hydrogen (secondary N) is 1. The number of hydrogen-bond donors (Lipinski definition) is 1. The summed E-state index contributed by atoms with van der Waals surface area (Å²) in [5.41, 5.74) is 5.91. The molecule has 2 unspecified atom stereocenters. The zero-order valence-electron chi connectivity index (χ0n) is 15.5. The van der Waals surface area contributed by atoms with E-state index in [0.29, 0.717) is 12.2 Å². The van der Waals surface area contributed by atoms with Crippen molar-refractivity contribution in [2.45, 2.75) is 25.8 Å². The number of aliphatic imine (C=N–C) groups is 1. The lowest BCUT2D eigenvalue weighted by molar-refractivity contribution is 0.490. The van der Waals surface area contributed by atoms with Crippen LogP contribution in [0, 0.1) is 18.3 Å². The Balaban J connectivity index is 1.71. The molecular formula is C21H18BrN5S. The van der Waals surface area contributed by atoms with Gasteiger partial charge in [-0.3, -0.25) is 10.3 Å². The van der Waals surface area contributed by atoms with Gasteiger partial charge in [-0.05, 0) is 59.1 Å². The van der Waals surface area contributed by atoms with Gasteiger partial charge in [0.2, 0.25) is 0 Å². The summed E-state index contributed by atoms with van der Waals surface area (Å²) < 4.78 is 0.821. The number of thiazole rings is 1. The maximum Gasteiger partial charge on any atom is 0.106 e. The van der Waals surface area contributed by atoms with E-state index in [-0.39, 0.29) is 12.0 Å². The molecule has 7 heteroatoms. The normalized spacial score (nSPS) is 19.1. The Morgan fingerprint density at radius 2 is 2.11 bits per heavy atom. The van der Waals surface area contributed by atoms with Crippen LogP contribution >= 0.6 is 27.3 Å². The highest BCUT2D eigenvalue weighted by atomic mass is 79.9. The number of pyridine rings is 1. The summed E-state index contributed by atoms with van der Waals surface area (Å²) in [5, 5.41) is 15.7. The van der Waals surface area contributed by atoms with Crippen LogP contribution in [0.25, 0.3) is 11.3 Å². The maximum absolute atomic E-state index is 9.09. The third kappa shape index (κ3) is 3.63. The van der Waals surface area contributed by atoms with Gasteiger partial charge in [0.05, 0.1) is 29.9 Å². The van der Waals surface area contributed by atoms with Crippen molar-refractivity contribution < 1.29 is 0 Å². The Morgan fingerprint density at radius 3 is 2.82 bits per heavy atom. The fraction of sp³-hybridized carbons (Fsp3) is 0.238. The molecule has 0 saturated heterocycles. The molecule has 1 N–H and O–H groups in total. The fourth-order valence-electron chi connectivity index (χ4n) is 3.50. The quantitative estimate of drug-likeness (QED) is 0.568. The van der Waals surface area contributed by atoms with Crippen LogP contribution in [0.1, 0.15) is 40.6 Å². The minimum Gasteiger partial charge on any atom is -0.290 e. The number of hydrogen-bond acceptors (Lipinski definition) is 6. The van der Waals surface area contributed by atoms with E-state index in [1.54, 1.807) is 11.3 Å². The molecule has 1 aliphatic rings. The first-order valence-corrected chi connectivity index (χ1v) is 10.6. The molecule has 0 fully saturated rings. The first kappa shape index (κ1) is 18.9. The summed E-state index contributed by atoms with van der Waals surface area (Å²) in [4.78, 5) is 13.9. The lowest BCUT2D eigenvalue weighted by atomic mass is 9.89. The number of nitriles is 1. The highest BCUT2D eigenvalue weighted by molar-refractivity contribution is 9.10. The lowest BCUT2D eigenvalue weighted by Crippen LogP contribution is -2.35. The molecule has 2 aromatic heterocycles. The minimum atomic E-state index is 0.0640. The summed E-state index contributed by atoms with van der Waals surface area (Å²) >= 11 is 5.05. The second-order valence-electron chi connectivity index (χ2n) is 6.74. The Morgan fingerprint density at radius 1 is 1.25 bits per heavy atom. The highest BCUT2D eigenvalue weighted by Gasteiger charge is 2.32. The van der Waals surface area contributed by atoms with Gasteiger partial charge in [-0.1, -0.05) is 12.1 Å².